The maximum atomic E-state index is 12.8. The summed E-state index contributed by atoms with van der Waals surface area (Å²) in [6.07, 6.45) is 8.22. The van der Waals surface area contributed by atoms with E-state index < -0.39 is 24.3 Å². The number of rotatable bonds is 13. The fourth-order valence-electron chi connectivity index (χ4n) is 4.93. The first-order valence-corrected chi connectivity index (χ1v) is 17.3. The summed E-state index contributed by atoms with van der Waals surface area (Å²) in [5, 5.41) is 13.9. The Hall–Kier alpha value is -6.97. The first kappa shape index (κ1) is 46.1. The van der Waals surface area contributed by atoms with Gasteiger partial charge in [-0.05, 0) is 132 Å². The van der Waals surface area contributed by atoms with Crippen LogP contribution >= 0.6 is 0 Å². The molecule has 0 saturated carbocycles. The van der Waals surface area contributed by atoms with E-state index in [1.165, 1.54) is 0 Å². The number of carbonyl (C=O) groups excluding carboxylic acids is 1. The summed E-state index contributed by atoms with van der Waals surface area (Å²) in [4.78, 5) is 12.8. The first-order valence-electron chi connectivity index (χ1n) is 17.3. The van der Waals surface area contributed by atoms with Gasteiger partial charge in [-0.2, -0.15) is 0 Å². The summed E-state index contributed by atoms with van der Waals surface area (Å²) in [5.74, 6) is 59.5. The third-order valence-electron chi connectivity index (χ3n) is 7.42. The molecule has 1 heterocycles. The normalized spacial score (nSPS) is 17.7. The summed E-state index contributed by atoms with van der Waals surface area (Å²) in [7, 11) is 0. The maximum Gasteiger partial charge on any atom is 0.297 e. The number of carbonyl (C=O) groups is 1. The van der Waals surface area contributed by atoms with E-state index >= 15 is 0 Å². The van der Waals surface area contributed by atoms with Gasteiger partial charge >= 0.3 is 0 Å². The third kappa shape index (κ3) is 21.2. The Kier molecular flexibility index (Phi) is 23.9. The topological polar surface area (TPSA) is 67.8 Å². The van der Waals surface area contributed by atoms with Gasteiger partial charge in [-0.15, -0.1) is 26.3 Å². The molecule has 1 amide bonds. The lowest BCUT2D eigenvalue weighted by atomic mass is 9.75. The molecule has 2 N–H and O–H groups in total. The molecule has 1 aliphatic rings. The molecule has 55 heavy (non-hydrogen) atoms. The van der Waals surface area contributed by atoms with Gasteiger partial charge in [-0.3, -0.25) is 4.79 Å². The number of hydrogen-bond donors (Lipinski definition) is 2. The zero-order chi connectivity index (χ0) is 40.6. The summed E-state index contributed by atoms with van der Waals surface area (Å²) in [6.45, 7) is 23.9. The number of aliphatic hydroxyl groups is 1. The van der Waals surface area contributed by atoms with Crippen molar-refractivity contribution >= 4 is 5.91 Å². The van der Waals surface area contributed by atoms with Crippen molar-refractivity contribution in [3.05, 3.63) is 50.6 Å². The Morgan fingerprint density at radius 3 is 1.56 bits per heavy atom. The molecule has 1 aliphatic heterocycles. The maximum absolute atomic E-state index is 12.8. The standard InChI is InChI=1S/C50H43NO4.24H2/c1-9-14-15-16-17-18-19-20-21-22-23-24-25-26-27-28-29-30-31-32-33-34-35-39-48(53)51-45(46(52)38-36-40-50(6,7)8)41-54-49-44(13-5)42(11-3)43(12-4)47(55-49)37-10-2;;;;;;;;;;;;;;;;;;;;;;;;/h10-13,42-47,49,52H,2-5,36-38,40-41H2,1,6-8H3,(H,51,53);24*1H/t42-,43+,44?,45-,46+,47?,49-;;;;;;;;;;;;;;;;;;;;;;;;/m0......................../s1. The van der Waals surface area contributed by atoms with Crippen molar-refractivity contribution in [1.82, 2.24) is 5.32 Å². The Bertz CT molecular complexity index is 2270. The molecule has 0 aromatic rings. The average Bonchev–Trinajstić information content (AvgIpc) is 3.15. The molecule has 5 nitrogen and oxygen atoms in total. The van der Waals surface area contributed by atoms with Gasteiger partial charge in [-0.1, -0.05) is 57.4 Å². The minimum absolute atomic E-state index is 0. The summed E-state index contributed by atoms with van der Waals surface area (Å²) in [5.41, 5.74) is 0.103. The molecule has 7 atom stereocenters. The predicted molar refractivity (Wildman–Crippen MR) is 271 cm³/mol. The van der Waals surface area contributed by atoms with Gasteiger partial charge in [0.2, 0.25) is 0 Å². The largest absolute Gasteiger partial charge is 0.391 e. The van der Waals surface area contributed by atoms with Gasteiger partial charge in [0, 0.05) is 87.5 Å². The molecule has 0 radical (unpaired) electrons. The molecule has 5 heteroatoms. The molecular weight excluding hydrogens is 679 g/mol. The van der Waals surface area contributed by atoms with E-state index in [0.717, 1.165) is 12.8 Å². The highest BCUT2D eigenvalue weighted by atomic mass is 16.7. The Balaban J connectivity index is -0.0000000573. The van der Waals surface area contributed by atoms with Crippen LogP contribution in [0, 0.1) is 165 Å². The van der Waals surface area contributed by atoms with Gasteiger partial charge in [0.25, 0.3) is 5.91 Å². The Morgan fingerprint density at radius 2 is 1.16 bits per heavy atom. The summed E-state index contributed by atoms with van der Waals surface area (Å²) < 4.78 is 12.6. The van der Waals surface area contributed by atoms with Gasteiger partial charge < -0.3 is 19.9 Å². The van der Waals surface area contributed by atoms with Crippen LogP contribution in [-0.4, -0.2) is 42.2 Å². The molecule has 0 aliphatic carbocycles. The van der Waals surface area contributed by atoms with Gasteiger partial charge in [0.05, 0.1) is 24.9 Å². The van der Waals surface area contributed by atoms with Crippen LogP contribution in [-0.2, 0) is 14.3 Å². The minimum atomic E-state index is -0.889. The van der Waals surface area contributed by atoms with E-state index in [4.69, 9.17) is 9.47 Å². The van der Waals surface area contributed by atoms with Crippen molar-refractivity contribution in [1.29, 1.82) is 0 Å². The molecule has 1 fully saturated rings. The lowest BCUT2D eigenvalue weighted by Gasteiger charge is -2.44. The quantitative estimate of drug-likeness (QED) is 0.145. The second-order valence-corrected chi connectivity index (χ2v) is 12.6. The Labute approximate surface area is 365 Å². The average molecular weight is 770 g/mol. The molecule has 320 valence electrons. The molecule has 0 spiro atoms. The van der Waals surface area contributed by atoms with Gasteiger partial charge in [0.1, 0.15) is 0 Å². The number of nitrogens with one attached hydrogen (secondary N) is 1. The minimum Gasteiger partial charge on any atom is -0.391 e. The molecular formula is C50H91NO4. The van der Waals surface area contributed by atoms with E-state index in [1.807, 2.05) is 12.2 Å². The fourth-order valence-corrected chi connectivity index (χ4v) is 4.93. The molecule has 1 saturated heterocycles. The zero-order valence-electron chi connectivity index (χ0n) is 31.9. The smallest absolute Gasteiger partial charge is 0.297 e. The van der Waals surface area contributed by atoms with Gasteiger partial charge in [-0.25, -0.2) is 0 Å². The van der Waals surface area contributed by atoms with Crippen LogP contribution < -0.4 is 5.32 Å². The van der Waals surface area contributed by atoms with Crippen molar-refractivity contribution < 1.29 is 53.6 Å². The summed E-state index contributed by atoms with van der Waals surface area (Å²) in [6, 6.07) is -0.758. The van der Waals surface area contributed by atoms with E-state index in [1.54, 1.807) is 19.1 Å². The molecule has 2 unspecified atom stereocenters. The highest BCUT2D eigenvalue weighted by Gasteiger charge is 2.42. The monoisotopic (exact) mass is 770 g/mol. The van der Waals surface area contributed by atoms with Crippen molar-refractivity contribution in [2.75, 3.05) is 6.61 Å². The molecule has 1 rings (SSSR count). The second kappa shape index (κ2) is 28.6. The van der Waals surface area contributed by atoms with E-state index in [-0.39, 0.29) is 70.1 Å². The van der Waals surface area contributed by atoms with E-state index in [9.17, 15) is 9.90 Å². The SMILES string of the molecule is C=CCC1O[C@H](OC[C@H](NC(=O)C#CC#CC#CC#CC#CC#CC#CC#CC#CC#CC#CC#CC)[C@H](O)CCCC(C)(C)C)C(C=C)[C@@H](C=C)[C@H]1C=C.[HH].[HH].[HH].[HH].[HH].[HH].[HH].[HH].[HH].[HH].[HH].[HH].[HH].[HH].[HH].[HH].[HH].[HH].[HH].[HH].[HH].[HH].[HH].[HH]. The second-order valence-electron chi connectivity index (χ2n) is 12.6. The Morgan fingerprint density at radius 1 is 0.727 bits per heavy atom. The number of amides is 1. The molecule has 0 bridgehead atoms. The molecule has 0 aromatic carbocycles. The van der Waals surface area contributed by atoms with Crippen LogP contribution in [0.1, 0.15) is 87.6 Å². The lowest BCUT2D eigenvalue weighted by molar-refractivity contribution is -0.236. The van der Waals surface area contributed by atoms with E-state index in [0.29, 0.717) is 12.8 Å². The van der Waals surface area contributed by atoms with Crippen LogP contribution in [0.15, 0.2) is 50.6 Å². The van der Waals surface area contributed by atoms with Crippen LogP contribution in [0.4, 0.5) is 0 Å². The van der Waals surface area contributed by atoms with Crippen molar-refractivity contribution in [2.45, 2.75) is 77.9 Å². The van der Waals surface area contributed by atoms with Crippen LogP contribution in [0.3, 0.4) is 0 Å². The van der Waals surface area contributed by atoms with Crippen LogP contribution in [0.25, 0.3) is 0 Å². The predicted octanol–water partition coefficient (Wildman–Crippen LogP) is 10.7. The van der Waals surface area contributed by atoms with Crippen LogP contribution in [0.2, 0.25) is 0 Å². The number of hydrogen-bond acceptors (Lipinski definition) is 4. The number of aliphatic hydroxyl groups excluding tert-OH is 1. The summed E-state index contributed by atoms with van der Waals surface area (Å²) >= 11 is 0. The van der Waals surface area contributed by atoms with Crippen molar-refractivity contribution in [3.8, 4) is 142 Å². The number of allylic oxidation sites excluding steroid dienone is 1. The van der Waals surface area contributed by atoms with Crippen molar-refractivity contribution in [3.63, 3.8) is 0 Å². The first-order chi connectivity index (χ1) is 26.6. The lowest BCUT2D eigenvalue weighted by Crippen LogP contribution is -2.50. The fraction of sp³-hybridized carbons (Fsp3) is 0.340. The zero-order valence-corrected chi connectivity index (χ0v) is 31.9. The third-order valence-corrected chi connectivity index (χ3v) is 7.42. The number of ether oxygens (including phenoxy) is 2. The van der Waals surface area contributed by atoms with Crippen molar-refractivity contribution in [2.24, 2.45) is 23.2 Å². The highest BCUT2D eigenvalue weighted by Crippen LogP contribution is 2.39. The van der Waals surface area contributed by atoms with Crippen LogP contribution in [0.5, 0.6) is 0 Å². The molecule has 0 aromatic heterocycles. The van der Waals surface area contributed by atoms with Gasteiger partial charge in [0.15, 0.2) is 6.29 Å². The van der Waals surface area contributed by atoms with E-state index in [2.05, 4.69) is 194 Å². The highest BCUT2D eigenvalue weighted by molar-refractivity contribution is 5.94.